The summed E-state index contributed by atoms with van der Waals surface area (Å²) in [5, 5.41) is 0. The van der Waals surface area contributed by atoms with Crippen molar-refractivity contribution in [2.24, 2.45) is 0 Å². The van der Waals surface area contributed by atoms with Crippen LogP contribution in [-0.4, -0.2) is 11.3 Å². The van der Waals surface area contributed by atoms with Gasteiger partial charge in [-0.15, -0.1) is 0 Å². The number of hydrogen-bond donors (Lipinski definition) is 1. The van der Waals surface area contributed by atoms with Gasteiger partial charge in [-0.25, -0.2) is 0 Å². The molecule has 0 saturated carbocycles. The van der Waals surface area contributed by atoms with Crippen molar-refractivity contribution in [1.29, 1.82) is 0 Å². The zero-order valence-corrected chi connectivity index (χ0v) is 5.60. The molecule has 0 amide bonds. The molecule has 0 aliphatic heterocycles. The molecule has 8 heavy (non-hydrogen) atoms. The summed E-state index contributed by atoms with van der Waals surface area (Å²) in [5.41, 5.74) is 0.594. The molecule has 0 fully saturated rings. The molecule has 1 heterocycles. The van der Waals surface area contributed by atoms with E-state index in [4.69, 9.17) is 0 Å². The predicted molar refractivity (Wildman–Crippen MR) is 33.9 cm³/mol. The molecule has 1 N–H and O–H groups in total. The van der Waals surface area contributed by atoms with Gasteiger partial charge in [-0.2, -0.15) is 0 Å². The summed E-state index contributed by atoms with van der Waals surface area (Å²) in [5.74, 6) is 0. The number of hydrogen-bond acceptors (Lipinski definition) is 1. The van der Waals surface area contributed by atoms with E-state index in [9.17, 15) is 4.79 Å². The summed E-state index contributed by atoms with van der Waals surface area (Å²) in [7, 11) is 0. The molecule has 0 spiro atoms. The lowest BCUT2D eigenvalue weighted by Gasteiger charge is -1.75. The van der Waals surface area contributed by atoms with Crippen LogP contribution in [0.2, 0.25) is 0 Å². The summed E-state index contributed by atoms with van der Waals surface area (Å²) in [6.45, 7) is 0. The van der Waals surface area contributed by atoms with Crippen molar-refractivity contribution >= 4 is 22.2 Å². The number of aldehydes is 1. The third kappa shape index (κ3) is 0.980. The Kier molecular flexibility index (Phi) is 1.48. The van der Waals surface area contributed by atoms with E-state index in [0.717, 1.165) is 10.9 Å². The van der Waals surface area contributed by atoms with Crippen LogP contribution in [0.4, 0.5) is 0 Å². The first-order valence-corrected chi connectivity index (χ1v) is 2.92. The summed E-state index contributed by atoms with van der Waals surface area (Å²) in [6, 6.07) is 3.49. The maximum atomic E-state index is 9.97. The highest BCUT2D eigenvalue weighted by Crippen LogP contribution is 2.05. The van der Waals surface area contributed by atoms with Gasteiger partial charge >= 0.3 is 0 Å². The van der Waals surface area contributed by atoms with Crippen LogP contribution in [0.15, 0.2) is 16.7 Å². The van der Waals surface area contributed by atoms with E-state index >= 15 is 0 Å². The predicted octanol–water partition coefficient (Wildman–Crippen LogP) is 1.59. The first-order valence-electron chi connectivity index (χ1n) is 2.12. The molecule has 0 radical (unpaired) electrons. The van der Waals surface area contributed by atoms with E-state index in [1.165, 1.54) is 0 Å². The Morgan fingerprint density at radius 2 is 2.38 bits per heavy atom. The minimum Gasteiger partial charge on any atom is -0.347 e. The molecule has 1 aromatic heterocycles. The molecule has 42 valence electrons. The van der Waals surface area contributed by atoms with Gasteiger partial charge in [0.05, 0.1) is 10.3 Å². The van der Waals surface area contributed by atoms with E-state index in [1.54, 1.807) is 12.1 Å². The number of rotatable bonds is 1. The van der Waals surface area contributed by atoms with Gasteiger partial charge in [0.1, 0.15) is 0 Å². The van der Waals surface area contributed by atoms with E-state index in [-0.39, 0.29) is 0 Å². The average Bonchev–Trinajstić information content (AvgIpc) is 2.14. The SMILES string of the molecule is O=Cc1ccc(Br)[nH]1. The van der Waals surface area contributed by atoms with Crippen molar-refractivity contribution in [3.63, 3.8) is 0 Å². The fraction of sp³-hybridized carbons (Fsp3) is 0. The van der Waals surface area contributed by atoms with Crippen LogP contribution in [0, 0.1) is 0 Å². The number of nitrogens with one attached hydrogen (secondary N) is 1. The van der Waals surface area contributed by atoms with E-state index < -0.39 is 0 Å². The van der Waals surface area contributed by atoms with Crippen molar-refractivity contribution in [3.8, 4) is 0 Å². The number of aromatic nitrogens is 1. The third-order valence-corrected chi connectivity index (χ3v) is 1.26. The number of aromatic amines is 1. The van der Waals surface area contributed by atoms with Gasteiger partial charge in [-0.1, -0.05) is 0 Å². The average molecular weight is 174 g/mol. The molecule has 0 aliphatic rings. The zero-order chi connectivity index (χ0) is 5.98. The van der Waals surface area contributed by atoms with Gasteiger partial charge in [0, 0.05) is 0 Å². The van der Waals surface area contributed by atoms with Crippen LogP contribution < -0.4 is 0 Å². The van der Waals surface area contributed by atoms with Crippen LogP contribution >= 0.6 is 15.9 Å². The Labute approximate surface area is 55.0 Å². The Bertz CT molecular complexity index is 194. The molecule has 0 bridgehead atoms. The van der Waals surface area contributed by atoms with E-state index in [0.29, 0.717) is 5.69 Å². The monoisotopic (exact) mass is 173 g/mol. The van der Waals surface area contributed by atoms with Crippen molar-refractivity contribution in [1.82, 2.24) is 4.98 Å². The maximum absolute atomic E-state index is 9.97. The second-order valence-electron chi connectivity index (χ2n) is 1.38. The summed E-state index contributed by atoms with van der Waals surface area (Å²) in [4.78, 5) is 12.7. The highest BCUT2D eigenvalue weighted by atomic mass is 79.9. The Morgan fingerprint density at radius 1 is 1.62 bits per heavy atom. The first kappa shape index (κ1) is 5.56. The Hall–Kier alpha value is -0.570. The number of H-pyrrole nitrogens is 1. The Morgan fingerprint density at radius 3 is 2.62 bits per heavy atom. The molecule has 0 aliphatic carbocycles. The lowest BCUT2D eigenvalue weighted by Crippen LogP contribution is -1.74. The normalized spacial score (nSPS) is 9.12. The number of carbonyl (C=O) groups is 1. The molecule has 0 aromatic carbocycles. The number of halogens is 1. The Balaban J connectivity index is 3.00. The first-order chi connectivity index (χ1) is 3.83. The third-order valence-electron chi connectivity index (χ3n) is 0.800. The lowest BCUT2D eigenvalue weighted by atomic mass is 10.5. The van der Waals surface area contributed by atoms with Gasteiger partial charge < -0.3 is 4.98 Å². The van der Waals surface area contributed by atoms with Gasteiger partial charge in [-0.3, -0.25) is 4.79 Å². The molecule has 0 saturated heterocycles. The van der Waals surface area contributed by atoms with Crippen molar-refractivity contribution in [2.75, 3.05) is 0 Å². The molecule has 0 unspecified atom stereocenters. The molecule has 1 aromatic rings. The van der Waals surface area contributed by atoms with Crippen LogP contribution in [0.1, 0.15) is 10.5 Å². The van der Waals surface area contributed by atoms with E-state index in [1.807, 2.05) is 0 Å². The second kappa shape index (κ2) is 2.13. The smallest absolute Gasteiger partial charge is 0.166 e. The van der Waals surface area contributed by atoms with Crippen molar-refractivity contribution in [2.45, 2.75) is 0 Å². The van der Waals surface area contributed by atoms with Gasteiger partial charge in [0.15, 0.2) is 6.29 Å². The van der Waals surface area contributed by atoms with Crippen LogP contribution in [0.3, 0.4) is 0 Å². The molecule has 3 heteroatoms. The fourth-order valence-electron chi connectivity index (χ4n) is 0.453. The highest BCUT2D eigenvalue weighted by molar-refractivity contribution is 9.10. The van der Waals surface area contributed by atoms with Crippen LogP contribution in [0.25, 0.3) is 0 Å². The van der Waals surface area contributed by atoms with Crippen molar-refractivity contribution < 1.29 is 4.79 Å². The van der Waals surface area contributed by atoms with E-state index in [2.05, 4.69) is 20.9 Å². The minimum absolute atomic E-state index is 0.594. The van der Waals surface area contributed by atoms with Gasteiger partial charge in [-0.05, 0) is 28.1 Å². The topological polar surface area (TPSA) is 32.9 Å². The minimum atomic E-state index is 0.594. The summed E-state index contributed by atoms with van der Waals surface area (Å²) in [6.07, 6.45) is 0.769. The highest BCUT2D eigenvalue weighted by Gasteiger charge is 1.89. The van der Waals surface area contributed by atoms with Gasteiger partial charge in [0.2, 0.25) is 0 Å². The molecule has 0 atom stereocenters. The van der Waals surface area contributed by atoms with Crippen LogP contribution in [0.5, 0.6) is 0 Å². The molecule has 2 nitrogen and oxygen atoms in total. The molecule has 1 rings (SSSR count). The maximum Gasteiger partial charge on any atom is 0.166 e. The second-order valence-corrected chi connectivity index (χ2v) is 2.23. The van der Waals surface area contributed by atoms with Crippen LogP contribution in [-0.2, 0) is 0 Å². The fourth-order valence-corrected chi connectivity index (χ4v) is 0.814. The molecular formula is C5H4BrNO. The van der Waals surface area contributed by atoms with Crippen molar-refractivity contribution in [3.05, 3.63) is 22.4 Å². The standard InChI is InChI=1S/C5H4BrNO/c6-5-2-1-4(3-8)7-5/h1-3,7H. The lowest BCUT2D eigenvalue weighted by molar-refractivity contribution is 0.111. The summed E-state index contributed by atoms with van der Waals surface area (Å²) < 4.78 is 0.833. The van der Waals surface area contributed by atoms with Gasteiger partial charge in [0.25, 0.3) is 0 Å². The quantitative estimate of drug-likeness (QED) is 0.644. The largest absolute Gasteiger partial charge is 0.347 e. The zero-order valence-electron chi connectivity index (χ0n) is 4.02. The number of carbonyl (C=O) groups excluding carboxylic acids is 1. The molecular weight excluding hydrogens is 170 g/mol. The summed E-state index contributed by atoms with van der Waals surface area (Å²) >= 11 is 3.16.